The summed E-state index contributed by atoms with van der Waals surface area (Å²) in [6, 6.07) is 1.62. The minimum Gasteiger partial charge on any atom is -0.480 e. The Morgan fingerprint density at radius 2 is 2.19 bits per heavy atom. The molecule has 6 heteroatoms. The van der Waals surface area contributed by atoms with Crippen LogP contribution in [0.4, 0.5) is 0 Å². The molecule has 0 aliphatic carbocycles. The van der Waals surface area contributed by atoms with Gasteiger partial charge in [0.25, 0.3) is 5.91 Å². The van der Waals surface area contributed by atoms with Crippen molar-refractivity contribution in [2.24, 2.45) is 0 Å². The number of amides is 1. The minimum absolute atomic E-state index is 0.222. The molecule has 0 radical (unpaired) electrons. The van der Waals surface area contributed by atoms with Crippen LogP contribution in [0.5, 0.6) is 0 Å². The molecule has 0 spiro atoms. The first-order valence-electron chi connectivity index (χ1n) is 4.77. The Balaban J connectivity index is 2.75. The first-order valence-corrected chi connectivity index (χ1v) is 4.77. The third kappa shape index (κ3) is 2.94. The van der Waals surface area contributed by atoms with Crippen LogP contribution in [0.2, 0.25) is 0 Å². The Labute approximate surface area is 91.3 Å². The number of aliphatic carboxylic acids is 1. The van der Waals surface area contributed by atoms with Crippen LogP contribution in [-0.2, 0) is 4.79 Å². The molecule has 1 rings (SSSR count). The number of carbonyl (C=O) groups excluding carboxylic acids is 1. The van der Waals surface area contributed by atoms with Crippen LogP contribution in [0.25, 0.3) is 0 Å². The van der Waals surface area contributed by atoms with Crippen LogP contribution in [0.1, 0.15) is 23.7 Å². The van der Waals surface area contributed by atoms with Crippen LogP contribution in [0.15, 0.2) is 23.1 Å². The Kier molecular flexibility index (Phi) is 3.82. The molecule has 0 fully saturated rings. The predicted molar refractivity (Wildman–Crippen MR) is 56.2 cm³/mol. The lowest BCUT2D eigenvalue weighted by atomic mass is 10.2. The average molecular weight is 224 g/mol. The maximum absolute atomic E-state index is 11.5. The average Bonchev–Trinajstić information content (AvgIpc) is 2.26. The van der Waals surface area contributed by atoms with E-state index in [2.05, 4.69) is 10.3 Å². The number of carboxylic acid groups (broad SMARTS) is 1. The number of aromatic nitrogens is 1. The lowest BCUT2D eigenvalue weighted by Crippen LogP contribution is -2.40. The minimum atomic E-state index is -1.08. The molecular weight excluding hydrogens is 212 g/mol. The summed E-state index contributed by atoms with van der Waals surface area (Å²) in [4.78, 5) is 35.3. The van der Waals surface area contributed by atoms with Gasteiger partial charge < -0.3 is 15.4 Å². The van der Waals surface area contributed by atoms with E-state index < -0.39 is 17.9 Å². The number of carbonyl (C=O) groups is 2. The van der Waals surface area contributed by atoms with E-state index >= 15 is 0 Å². The standard InChI is InChI=1S/C10H12N2O4/c1-2-7(10(15)16)12-9(14)6-3-4-8(13)11-5-6/h3-5,7H,2H2,1H3,(H,11,13)(H,12,14)(H,15,16)/t7-/m0/s1. The molecular formula is C10H12N2O4. The maximum Gasteiger partial charge on any atom is 0.326 e. The fraction of sp³-hybridized carbons (Fsp3) is 0.300. The molecule has 16 heavy (non-hydrogen) atoms. The Bertz CT molecular complexity index is 432. The number of pyridine rings is 1. The summed E-state index contributed by atoms with van der Waals surface area (Å²) in [5.41, 5.74) is -0.0962. The molecule has 86 valence electrons. The number of hydrogen-bond acceptors (Lipinski definition) is 3. The maximum atomic E-state index is 11.5. The molecule has 3 N–H and O–H groups in total. The van der Waals surface area contributed by atoms with Gasteiger partial charge in [0.2, 0.25) is 5.56 Å². The highest BCUT2D eigenvalue weighted by Gasteiger charge is 2.18. The van der Waals surface area contributed by atoms with Gasteiger partial charge in [-0.05, 0) is 12.5 Å². The van der Waals surface area contributed by atoms with Crippen LogP contribution in [-0.4, -0.2) is 28.0 Å². The SMILES string of the molecule is CC[C@H](NC(=O)c1ccc(=O)[nH]c1)C(=O)O. The van der Waals surface area contributed by atoms with Gasteiger partial charge in [0.15, 0.2) is 0 Å². The van der Waals surface area contributed by atoms with Crippen molar-refractivity contribution < 1.29 is 14.7 Å². The van der Waals surface area contributed by atoms with Crippen molar-refractivity contribution in [3.05, 3.63) is 34.2 Å². The van der Waals surface area contributed by atoms with Crippen LogP contribution < -0.4 is 10.9 Å². The van der Waals surface area contributed by atoms with E-state index in [0.717, 1.165) is 0 Å². The highest BCUT2D eigenvalue weighted by atomic mass is 16.4. The van der Waals surface area contributed by atoms with Gasteiger partial charge in [-0.25, -0.2) is 4.79 Å². The number of hydrogen-bond donors (Lipinski definition) is 3. The van der Waals surface area contributed by atoms with Crippen LogP contribution >= 0.6 is 0 Å². The Hall–Kier alpha value is -2.11. The van der Waals surface area contributed by atoms with Gasteiger partial charge in [0, 0.05) is 12.3 Å². The summed E-state index contributed by atoms with van der Waals surface area (Å²) in [6.45, 7) is 1.66. The molecule has 1 aromatic heterocycles. The van der Waals surface area contributed by atoms with Gasteiger partial charge in [-0.2, -0.15) is 0 Å². The van der Waals surface area contributed by atoms with E-state index in [0.29, 0.717) is 6.42 Å². The third-order valence-corrected chi connectivity index (χ3v) is 2.06. The summed E-state index contributed by atoms with van der Waals surface area (Å²) in [5, 5.41) is 11.1. The van der Waals surface area contributed by atoms with E-state index in [4.69, 9.17) is 5.11 Å². The molecule has 1 atom stereocenters. The number of H-pyrrole nitrogens is 1. The molecule has 1 aromatic rings. The zero-order valence-corrected chi connectivity index (χ0v) is 8.69. The van der Waals surface area contributed by atoms with Crippen molar-refractivity contribution >= 4 is 11.9 Å². The fourth-order valence-electron chi connectivity index (χ4n) is 1.13. The van der Waals surface area contributed by atoms with E-state index in [9.17, 15) is 14.4 Å². The van der Waals surface area contributed by atoms with E-state index in [1.54, 1.807) is 6.92 Å². The van der Waals surface area contributed by atoms with Crippen molar-refractivity contribution in [2.45, 2.75) is 19.4 Å². The van der Waals surface area contributed by atoms with Crippen LogP contribution in [0, 0.1) is 0 Å². The van der Waals surface area contributed by atoms with Gasteiger partial charge in [-0.15, -0.1) is 0 Å². The lowest BCUT2D eigenvalue weighted by Gasteiger charge is -2.11. The normalized spacial score (nSPS) is 11.8. The van der Waals surface area contributed by atoms with Crippen LogP contribution in [0.3, 0.4) is 0 Å². The largest absolute Gasteiger partial charge is 0.480 e. The molecule has 1 heterocycles. The highest BCUT2D eigenvalue weighted by Crippen LogP contribution is 1.97. The second-order valence-electron chi connectivity index (χ2n) is 3.21. The van der Waals surface area contributed by atoms with Crippen molar-refractivity contribution in [2.75, 3.05) is 0 Å². The quantitative estimate of drug-likeness (QED) is 0.668. The molecule has 0 bridgehead atoms. The molecule has 0 aromatic carbocycles. The molecule has 0 unspecified atom stereocenters. The smallest absolute Gasteiger partial charge is 0.326 e. The summed E-state index contributed by atoms with van der Waals surface area (Å²) in [7, 11) is 0. The molecule has 0 saturated carbocycles. The van der Waals surface area contributed by atoms with Gasteiger partial charge in [0.1, 0.15) is 6.04 Å². The summed E-state index contributed by atoms with van der Waals surface area (Å²) in [5.74, 6) is -1.61. The summed E-state index contributed by atoms with van der Waals surface area (Å²) in [6.07, 6.45) is 1.54. The van der Waals surface area contributed by atoms with Gasteiger partial charge in [-0.1, -0.05) is 6.92 Å². The lowest BCUT2D eigenvalue weighted by molar-refractivity contribution is -0.139. The number of aromatic amines is 1. The van der Waals surface area contributed by atoms with Gasteiger partial charge in [0.05, 0.1) is 5.56 Å². The summed E-state index contributed by atoms with van der Waals surface area (Å²) < 4.78 is 0. The van der Waals surface area contributed by atoms with E-state index in [1.807, 2.05) is 0 Å². The van der Waals surface area contributed by atoms with Crippen molar-refractivity contribution in [1.29, 1.82) is 0 Å². The second kappa shape index (κ2) is 5.11. The van der Waals surface area contributed by atoms with Gasteiger partial charge >= 0.3 is 5.97 Å². The predicted octanol–water partition coefficient (Wildman–Crippen LogP) is -0.0321. The number of nitrogens with one attached hydrogen (secondary N) is 2. The molecule has 6 nitrogen and oxygen atoms in total. The fourth-order valence-corrected chi connectivity index (χ4v) is 1.13. The highest BCUT2D eigenvalue weighted by molar-refractivity contribution is 5.96. The first-order chi connectivity index (χ1) is 7.54. The van der Waals surface area contributed by atoms with E-state index in [-0.39, 0.29) is 11.1 Å². The second-order valence-corrected chi connectivity index (χ2v) is 3.21. The number of rotatable bonds is 4. The zero-order valence-electron chi connectivity index (χ0n) is 8.69. The Morgan fingerprint density at radius 3 is 2.62 bits per heavy atom. The number of carboxylic acids is 1. The molecule has 0 saturated heterocycles. The van der Waals surface area contributed by atoms with Crippen molar-refractivity contribution in [3.63, 3.8) is 0 Å². The molecule has 1 amide bonds. The zero-order chi connectivity index (χ0) is 12.1. The monoisotopic (exact) mass is 224 g/mol. The molecule has 0 aliphatic heterocycles. The first kappa shape index (κ1) is 12.0. The molecule has 0 aliphatic rings. The van der Waals surface area contributed by atoms with Crippen molar-refractivity contribution in [3.8, 4) is 0 Å². The van der Waals surface area contributed by atoms with E-state index in [1.165, 1.54) is 18.3 Å². The third-order valence-electron chi connectivity index (χ3n) is 2.06. The van der Waals surface area contributed by atoms with Gasteiger partial charge in [-0.3, -0.25) is 9.59 Å². The topological polar surface area (TPSA) is 99.3 Å². The van der Waals surface area contributed by atoms with Crippen molar-refractivity contribution in [1.82, 2.24) is 10.3 Å². The Morgan fingerprint density at radius 1 is 1.50 bits per heavy atom. The summed E-state index contributed by atoms with van der Waals surface area (Å²) >= 11 is 0.